The highest BCUT2D eigenvalue weighted by atomic mass is 16.5. The fourth-order valence-electron chi connectivity index (χ4n) is 1.39. The van der Waals surface area contributed by atoms with Crippen molar-refractivity contribution in [2.45, 2.75) is 5.92 Å². The predicted molar refractivity (Wildman–Crippen MR) is 64.0 cm³/mol. The van der Waals surface area contributed by atoms with E-state index >= 15 is 0 Å². The van der Waals surface area contributed by atoms with Crippen molar-refractivity contribution in [3.63, 3.8) is 0 Å². The minimum atomic E-state index is -0.433. The van der Waals surface area contributed by atoms with Gasteiger partial charge in [0.1, 0.15) is 5.75 Å². The summed E-state index contributed by atoms with van der Waals surface area (Å²) in [5, 5.41) is 9.26. The smallest absolute Gasteiger partial charge is 0.330 e. The summed E-state index contributed by atoms with van der Waals surface area (Å²) in [4.78, 5) is 11.0. The maximum absolute atomic E-state index is 11.0. The maximum atomic E-state index is 11.0. The summed E-state index contributed by atoms with van der Waals surface area (Å²) in [5.74, 6) is 0.0966. The minimum absolute atomic E-state index is 0.0696. The Morgan fingerprint density at radius 2 is 2.00 bits per heavy atom. The van der Waals surface area contributed by atoms with Crippen LogP contribution < -0.4 is 4.74 Å². The number of ether oxygens (including phenoxy) is 2. The molecule has 4 nitrogen and oxygen atoms in total. The summed E-state index contributed by atoms with van der Waals surface area (Å²) in [6, 6.07) is 7.32. The molecule has 0 amide bonds. The summed E-state index contributed by atoms with van der Waals surface area (Å²) in [7, 11) is 2.91. The lowest BCUT2D eigenvalue weighted by molar-refractivity contribution is -0.134. The van der Waals surface area contributed by atoms with Crippen molar-refractivity contribution in [1.82, 2.24) is 0 Å². The van der Waals surface area contributed by atoms with Gasteiger partial charge in [-0.3, -0.25) is 0 Å². The summed E-state index contributed by atoms with van der Waals surface area (Å²) in [6.07, 6.45) is 2.93. The van der Waals surface area contributed by atoms with Gasteiger partial charge in [-0.1, -0.05) is 18.2 Å². The van der Waals surface area contributed by atoms with Crippen LogP contribution in [0.1, 0.15) is 11.5 Å². The largest absolute Gasteiger partial charge is 0.497 e. The van der Waals surface area contributed by atoms with E-state index in [1.165, 1.54) is 13.2 Å². The minimum Gasteiger partial charge on any atom is -0.497 e. The molecule has 0 unspecified atom stereocenters. The molecule has 0 spiro atoms. The lowest BCUT2D eigenvalue weighted by Crippen LogP contribution is -2.03. The topological polar surface area (TPSA) is 55.8 Å². The van der Waals surface area contributed by atoms with E-state index in [9.17, 15) is 9.90 Å². The Balaban J connectivity index is 2.78. The first-order chi connectivity index (χ1) is 8.21. The second kappa shape index (κ2) is 6.70. The highest BCUT2D eigenvalue weighted by Gasteiger charge is 2.07. The Kier molecular flexibility index (Phi) is 5.23. The number of hydrogen-bond acceptors (Lipinski definition) is 4. The summed E-state index contributed by atoms with van der Waals surface area (Å²) in [6.45, 7) is -0.0696. The molecule has 1 rings (SSSR count). The lowest BCUT2D eigenvalue weighted by Gasteiger charge is -2.10. The zero-order chi connectivity index (χ0) is 12.7. The molecule has 0 aliphatic carbocycles. The first-order valence-corrected chi connectivity index (χ1v) is 5.22. The molecule has 0 heterocycles. The van der Waals surface area contributed by atoms with E-state index in [-0.39, 0.29) is 12.5 Å². The molecule has 4 heteroatoms. The number of carbonyl (C=O) groups excluding carboxylic acids is 1. The molecular weight excluding hydrogens is 220 g/mol. The third-order valence-corrected chi connectivity index (χ3v) is 2.41. The zero-order valence-electron chi connectivity index (χ0n) is 9.92. The van der Waals surface area contributed by atoms with Crippen LogP contribution in [0, 0.1) is 0 Å². The Morgan fingerprint density at radius 3 is 2.47 bits per heavy atom. The van der Waals surface area contributed by atoms with E-state index in [0.29, 0.717) is 0 Å². The van der Waals surface area contributed by atoms with Gasteiger partial charge in [0.25, 0.3) is 0 Å². The first kappa shape index (κ1) is 13.3. The van der Waals surface area contributed by atoms with Gasteiger partial charge in [-0.2, -0.15) is 0 Å². The van der Waals surface area contributed by atoms with E-state index in [4.69, 9.17) is 4.74 Å². The number of methoxy groups -OCH3 is 2. The SMILES string of the molecule is COC(=O)/C=C/[C@@H](CO)c1ccc(OC)cc1. The van der Waals surface area contributed by atoms with E-state index in [1.807, 2.05) is 24.3 Å². The second-order valence-corrected chi connectivity index (χ2v) is 3.44. The summed E-state index contributed by atoms with van der Waals surface area (Å²) < 4.78 is 9.53. The lowest BCUT2D eigenvalue weighted by atomic mass is 9.99. The van der Waals surface area contributed by atoms with Gasteiger partial charge in [0.15, 0.2) is 0 Å². The molecule has 0 bridgehead atoms. The number of hydrogen-bond donors (Lipinski definition) is 1. The first-order valence-electron chi connectivity index (χ1n) is 5.22. The van der Waals surface area contributed by atoms with Crippen molar-refractivity contribution in [1.29, 1.82) is 0 Å². The average molecular weight is 236 g/mol. The number of carbonyl (C=O) groups is 1. The standard InChI is InChI=1S/C13H16O4/c1-16-12-6-3-10(4-7-12)11(9-14)5-8-13(15)17-2/h3-8,11,14H,9H2,1-2H3/b8-5+/t11-/m0/s1. The van der Waals surface area contributed by atoms with Crippen LogP contribution >= 0.6 is 0 Å². The van der Waals surface area contributed by atoms with E-state index in [1.54, 1.807) is 13.2 Å². The van der Waals surface area contributed by atoms with Crippen molar-refractivity contribution >= 4 is 5.97 Å². The van der Waals surface area contributed by atoms with Crippen LogP contribution in [-0.2, 0) is 9.53 Å². The molecular formula is C13H16O4. The Labute approximate surface area is 100 Å². The normalized spacial score (nSPS) is 12.4. The van der Waals surface area contributed by atoms with Gasteiger partial charge in [0, 0.05) is 12.0 Å². The van der Waals surface area contributed by atoms with Crippen LogP contribution in [0.25, 0.3) is 0 Å². The highest BCUT2D eigenvalue weighted by molar-refractivity contribution is 5.81. The molecule has 0 radical (unpaired) electrons. The third kappa shape index (κ3) is 3.92. The molecule has 0 aromatic heterocycles. The van der Waals surface area contributed by atoms with Crippen LogP contribution in [0.5, 0.6) is 5.75 Å². The van der Waals surface area contributed by atoms with Gasteiger partial charge in [-0.25, -0.2) is 4.79 Å². The molecule has 0 saturated heterocycles. The molecule has 1 aromatic carbocycles. The molecule has 0 fully saturated rings. The van der Waals surface area contributed by atoms with Gasteiger partial charge in [-0.15, -0.1) is 0 Å². The molecule has 17 heavy (non-hydrogen) atoms. The van der Waals surface area contributed by atoms with Gasteiger partial charge in [0.05, 0.1) is 20.8 Å². The fourth-order valence-corrected chi connectivity index (χ4v) is 1.39. The summed E-state index contributed by atoms with van der Waals surface area (Å²) >= 11 is 0. The predicted octanol–water partition coefficient (Wildman–Crippen LogP) is 1.50. The molecule has 1 atom stereocenters. The van der Waals surface area contributed by atoms with Crippen molar-refractivity contribution in [2.75, 3.05) is 20.8 Å². The van der Waals surface area contributed by atoms with Crippen LogP contribution in [0.15, 0.2) is 36.4 Å². The van der Waals surface area contributed by atoms with Crippen molar-refractivity contribution < 1.29 is 19.4 Å². The van der Waals surface area contributed by atoms with Crippen LogP contribution in [0.4, 0.5) is 0 Å². The molecule has 0 aliphatic heterocycles. The van der Waals surface area contributed by atoms with Crippen LogP contribution in [-0.4, -0.2) is 31.9 Å². The van der Waals surface area contributed by atoms with Crippen LogP contribution in [0.2, 0.25) is 0 Å². The van der Waals surface area contributed by atoms with Crippen molar-refractivity contribution in [2.24, 2.45) is 0 Å². The zero-order valence-corrected chi connectivity index (χ0v) is 9.92. The Morgan fingerprint density at radius 1 is 1.35 bits per heavy atom. The van der Waals surface area contributed by atoms with Gasteiger partial charge >= 0.3 is 5.97 Å². The van der Waals surface area contributed by atoms with Crippen molar-refractivity contribution in [3.8, 4) is 5.75 Å². The van der Waals surface area contributed by atoms with Gasteiger partial charge in [-0.05, 0) is 17.7 Å². The Bertz CT molecular complexity index is 381. The monoisotopic (exact) mass is 236 g/mol. The van der Waals surface area contributed by atoms with Gasteiger partial charge in [0.2, 0.25) is 0 Å². The number of rotatable bonds is 5. The molecule has 92 valence electrons. The number of benzene rings is 1. The Hall–Kier alpha value is -1.81. The molecule has 1 aromatic rings. The average Bonchev–Trinajstić information content (AvgIpc) is 2.39. The highest BCUT2D eigenvalue weighted by Crippen LogP contribution is 2.20. The molecule has 0 aliphatic rings. The fraction of sp³-hybridized carbons (Fsp3) is 0.308. The quantitative estimate of drug-likeness (QED) is 0.621. The maximum Gasteiger partial charge on any atom is 0.330 e. The number of esters is 1. The summed E-state index contributed by atoms with van der Waals surface area (Å²) in [5.41, 5.74) is 0.911. The van der Waals surface area contributed by atoms with Gasteiger partial charge < -0.3 is 14.6 Å². The molecule has 0 saturated carbocycles. The third-order valence-electron chi connectivity index (χ3n) is 2.41. The van der Waals surface area contributed by atoms with Crippen molar-refractivity contribution in [3.05, 3.63) is 42.0 Å². The molecule has 1 N–H and O–H groups in total. The number of aliphatic hydroxyl groups excluding tert-OH is 1. The number of aliphatic hydroxyl groups is 1. The van der Waals surface area contributed by atoms with E-state index < -0.39 is 5.97 Å². The van der Waals surface area contributed by atoms with E-state index in [0.717, 1.165) is 11.3 Å². The van der Waals surface area contributed by atoms with Crippen LogP contribution in [0.3, 0.4) is 0 Å². The second-order valence-electron chi connectivity index (χ2n) is 3.44. The van der Waals surface area contributed by atoms with E-state index in [2.05, 4.69) is 4.74 Å².